The summed E-state index contributed by atoms with van der Waals surface area (Å²) < 4.78 is 48.0. The van der Waals surface area contributed by atoms with E-state index in [0.29, 0.717) is 63.7 Å². The number of likely N-dealkylation sites (tertiary alicyclic amines) is 2. The summed E-state index contributed by atoms with van der Waals surface area (Å²) in [5, 5.41) is 5.89. The van der Waals surface area contributed by atoms with Gasteiger partial charge in [-0.05, 0) is 63.8 Å². The van der Waals surface area contributed by atoms with E-state index in [0.717, 1.165) is 37.3 Å². The number of hydrazine groups is 1. The van der Waals surface area contributed by atoms with E-state index in [9.17, 15) is 22.8 Å². The molecule has 0 aromatic rings. The van der Waals surface area contributed by atoms with Crippen LogP contribution >= 0.6 is 11.6 Å². The van der Waals surface area contributed by atoms with Gasteiger partial charge < -0.3 is 14.5 Å². The molecule has 0 aromatic heterocycles. The van der Waals surface area contributed by atoms with Gasteiger partial charge in [0.15, 0.2) is 0 Å². The summed E-state index contributed by atoms with van der Waals surface area (Å²) in [6, 6.07) is -0.877. The Labute approximate surface area is 233 Å². The lowest BCUT2D eigenvalue weighted by molar-refractivity contribution is -0.203. The number of methoxy groups -OCH3 is 1. The Morgan fingerprint density at radius 3 is 2.36 bits per heavy atom. The minimum atomic E-state index is -4.49. The molecule has 5 rings (SSSR count). The maximum Gasteiger partial charge on any atom is 0.409 e. The molecule has 9 nitrogen and oxygen atoms in total. The molecule has 0 aromatic carbocycles. The van der Waals surface area contributed by atoms with Gasteiger partial charge in [0.25, 0.3) is 0 Å². The van der Waals surface area contributed by atoms with E-state index in [1.807, 2.05) is 0 Å². The molecule has 5 aliphatic rings. The van der Waals surface area contributed by atoms with Crippen molar-refractivity contribution in [3.63, 3.8) is 0 Å². The number of fused-ring (bicyclic) bond motifs is 3. The van der Waals surface area contributed by atoms with Gasteiger partial charge in [-0.15, -0.1) is 11.6 Å². The van der Waals surface area contributed by atoms with Crippen molar-refractivity contribution in [3.8, 4) is 0 Å². The van der Waals surface area contributed by atoms with E-state index in [2.05, 4.69) is 20.7 Å². The van der Waals surface area contributed by atoms with Crippen LogP contribution in [0.15, 0.2) is 0 Å². The summed E-state index contributed by atoms with van der Waals surface area (Å²) in [4.78, 5) is 29.9. The van der Waals surface area contributed by atoms with Gasteiger partial charge in [-0.25, -0.2) is 15.2 Å². The van der Waals surface area contributed by atoms with Crippen LogP contribution in [-0.4, -0.2) is 114 Å². The van der Waals surface area contributed by atoms with Crippen LogP contribution in [0.1, 0.15) is 57.8 Å². The predicted octanol–water partition coefficient (Wildman–Crippen LogP) is 2.95. The molecule has 5 fully saturated rings. The van der Waals surface area contributed by atoms with E-state index in [-0.39, 0.29) is 17.7 Å². The Balaban J connectivity index is 1.19. The van der Waals surface area contributed by atoms with E-state index in [1.54, 1.807) is 0 Å². The third-order valence-electron chi connectivity index (χ3n) is 9.80. The normalized spacial score (nSPS) is 35.7. The quantitative estimate of drug-likeness (QED) is 0.392. The summed E-state index contributed by atoms with van der Waals surface area (Å²) in [6.07, 6.45) is 1.27. The monoisotopic (exact) mass is 578 g/mol. The minimum Gasteiger partial charge on any atom is -0.453 e. The molecule has 0 radical (unpaired) electrons. The molecule has 1 aliphatic carbocycles. The number of hydrogen-bond donors (Lipinski definition) is 2. The first kappa shape index (κ1) is 29.2. The predicted molar refractivity (Wildman–Crippen MR) is 140 cm³/mol. The lowest BCUT2D eigenvalue weighted by atomic mass is 9.78. The molecule has 1 saturated carbocycles. The van der Waals surface area contributed by atoms with E-state index < -0.39 is 36.1 Å². The molecule has 222 valence electrons. The fourth-order valence-electron chi connectivity index (χ4n) is 7.89. The van der Waals surface area contributed by atoms with Crippen molar-refractivity contribution in [3.05, 3.63) is 0 Å². The number of hydrogen-bond acceptors (Lipinski definition) is 7. The lowest BCUT2D eigenvalue weighted by Gasteiger charge is -2.53. The van der Waals surface area contributed by atoms with Crippen molar-refractivity contribution in [2.24, 2.45) is 11.8 Å². The van der Waals surface area contributed by atoms with Crippen molar-refractivity contribution >= 4 is 23.6 Å². The van der Waals surface area contributed by atoms with Gasteiger partial charge in [0, 0.05) is 57.1 Å². The number of carbonyl (C=O) groups excluding carboxylic acids is 2. The molecular formula is C26H42ClF3N6O3. The van der Waals surface area contributed by atoms with Crippen molar-refractivity contribution < 1.29 is 27.5 Å². The third-order valence-corrected chi connectivity index (χ3v) is 10.1. The number of carbonyl (C=O) groups is 2. The third kappa shape index (κ3) is 6.00. The van der Waals surface area contributed by atoms with Crippen LogP contribution in [0.5, 0.6) is 0 Å². The smallest absolute Gasteiger partial charge is 0.409 e. The summed E-state index contributed by atoms with van der Waals surface area (Å²) >= 11 is 6.36. The number of halogens is 4. The topological polar surface area (TPSA) is 80.4 Å². The molecule has 2 amide bonds. The van der Waals surface area contributed by atoms with Gasteiger partial charge >= 0.3 is 12.3 Å². The number of nitrogens with one attached hydrogen (secondary N) is 2. The van der Waals surface area contributed by atoms with E-state index in [1.165, 1.54) is 19.1 Å². The number of amides is 2. The van der Waals surface area contributed by atoms with Crippen molar-refractivity contribution in [2.75, 3.05) is 40.3 Å². The Bertz CT molecular complexity index is 883. The molecule has 4 heterocycles. The fraction of sp³-hybridized carbons (Fsp3) is 0.923. The summed E-state index contributed by atoms with van der Waals surface area (Å²) in [5.74, 6) is -1.60. The van der Waals surface area contributed by atoms with Gasteiger partial charge in [-0.3, -0.25) is 15.0 Å². The molecular weight excluding hydrogens is 537 g/mol. The Morgan fingerprint density at radius 1 is 1.03 bits per heavy atom. The first-order chi connectivity index (χ1) is 18.6. The summed E-state index contributed by atoms with van der Waals surface area (Å²) in [7, 11) is 2.60. The average molecular weight is 579 g/mol. The second-order valence-corrected chi connectivity index (χ2v) is 12.4. The zero-order valence-electron chi connectivity index (χ0n) is 22.8. The first-order valence-electron chi connectivity index (χ1n) is 14.4. The van der Waals surface area contributed by atoms with Gasteiger partial charge in [-0.1, -0.05) is 0 Å². The van der Waals surface area contributed by atoms with Crippen molar-refractivity contribution in [1.29, 1.82) is 0 Å². The molecule has 4 aliphatic heterocycles. The largest absolute Gasteiger partial charge is 0.453 e. The SMILES string of the molecule is COC(=O)N1CCC(C(=O)N(C)[C@@H](C2CCC(N3CCCC4C3CNC3CC(Cl)NN34)CC2)C(F)(F)F)CC1. The van der Waals surface area contributed by atoms with Crippen LogP contribution in [-0.2, 0) is 9.53 Å². The van der Waals surface area contributed by atoms with Crippen molar-refractivity contribution in [2.45, 2.75) is 99.8 Å². The molecule has 4 saturated heterocycles. The van der Waals surface area contributed by atoms with E-state index in [4.69, 9.17) is 16.3 Å². The Morgan fingerprint density at radius 2 is 1.72 bits per heavy atom. The zero-order chi connectivity index (χ0) is 27.9. The maximum atomic E-state index is 14.4. The molecule has 0 bridgehead atoms. The Kier molecular flexibility index (Phi) is 8.88. The van der Waals surface area contributed by atoms with Gasteiger partial charge in [0.05, 0.1) is 18.8 Å². The van der Waals surface area contributed by atoms with Crippen LogP contribution in [0, 0.1) is 11.8 Å². The average Bonchev–Trinajstić information content (AvgIpc) is 3.32. The van der Waals surface area contributed by atoms with Crippen LogP contribution < -0.4 is 10.7 Å². The number of piperidine rings is 2. The number of ether oxygens (including phenoxy) is 1. The lowest BCUT2D eigenvalue weighted by Crippen LogP contribution is -2.70. The second-order valence-electron chi connectivity index (χ2n) is 11.9. The summed E-state index contributed by atoms with van der Waals surface area (Å²) in [6.45, 7) is 2.45. The standard InChI is InChI=1S/C26H42ClF3N6O3/c1-33(24(37)17-9-12-34(13-10-17)25(38)39-2)23(26(28,29)30)16-5-7-18(8-6-16)35-11-3-4-19-20(35)15-31-22-14-21(27)32-36(19)22/h16-23,31-32H,3-15H2,1-2H3/t16?,18?,19?,20?,21?,22?,23-/m0/s1. The summed E-state index contributed by atoms with van der Waals surface area (Å²) in [5.41, 5.74) is 3.32. The number of alkyl halides is 4. The number of nitrogens with zero attached hydrogens (tertiary/aromatic N) is 4. The minimum absolute atomic E-state index is 0.0773. The highest BCUT2D eigenvalue weighted by Gasteiger charge is 2.52. The molecule has 13 heteroatoms. The highest BCUT2D eigenvalue weighted by molar-refractivity contribution is 6.20. The fourth-order valence-corrected chi connectivity index (χ4v) is 8.17. The number of rotatable bonds is 4. The van der Waals surface area contributed by atoms with Crippen LogP contribution in [0.25, 0.3) is 0 Å². The molecule has 0 spiro atoms. The molecule has 4 unspecified atom stereocenters. The van der Waals surface area contributed by atoms with Crippen LogP contribution in [0.3, 0.4) is 0 Å². The second kappa shape index (κ2) is 11.9. The molecule has 2 N–H and O–H groups in total. The van der Waals surface area contributed by atoms with Gasteiger partial charge in [-0.2, -0.15) is 13.2 Å². The highest BCUT2D eigenvalue weighted by atomic mass is 35.5. The van der Waals surface area contributed by atoms with Crippen molar-refractivity contribution in [1.82, 2.24) is 30.5 Å². The van der Waals surface area contributed by atoms with Gasteiger partial charge in [0.1, 0.15) is 6.04 Å². The molecule has 5 atom stereocenters. The van der Waals surface area contributed by atoms with E-state index >= 15 is 0 Å². The zero-order valence-corrected chi connectivity index (χ0v) is 23.6. The highest BCUT2D eigenvalue weighted by Crippen LogP contribution is 2.41. The first-order valence-corrected chi connectivity index (χ1v) is 14.9. The van der Waals surface area contributed by atoms with Crippen LogP contribution in [0.4, 0.5) is 18.0 Å². The Hall–Kier alpha value is -1.34. The van der Waals surface area contributed by atoms with Gasteiger partial charge in [0.2, 0.25) is 5.91 Å². The maximum absolute atomic E-state index is 14.4. The molecule has 39 heavy (non-hydrogen) atoms. The van der Waals surface area contributed by atoms with Crippen LogP contribution in [0.2, 0.25) is 0 Å².